The number of rotatable bonds is 5. The largest absolute Gasteiger partial charge is 0.477 e. The van der Waals surface area contributed by atoms with Crippen LogP contribution >= 0.6 is 0 Å². The van der Waals surface area contributed by atoms with Gasteiger partial charge in [-0.15, -0.1) is 6.58 Å². The van der Waals surface area contributed by atoms with E-state index < -0.39 is 0 Å². The Morgan fingerprint density at radius 2 is 2.20 bits per heavy atom. The van der Waals surface area contributed by atoms with Crippen LogP contribution in [0.15, 0.2) is 30.5 Å². The Kier molecular flexibility index (Phi) is 4.03. The molecule has 0 amide bonds. The molecule has 0 atom stereocenters. The summed E-state index contributed by atoms with van der Waals surface area (Å²) in [7, 11) is 0. The van der Waals surface area contributed by atoms with Crippen LogP contribution in [0, 0.1) is 0 Å². The van der Waals surface area contributed by atoms with Gasteiger partial charge in [0.2, 0.25) is 5.88 Å². The van der Waals surface area contributed by atoms with Gasteiger partial charge in [0.05, 0.1) is 6.61 Å². The Balaban J connectivity index is 2.50. The molecule has 3 heteroatoms. The molecule has 0 aliphatic rings. The number of ketones is 1. The van der Waals surface area contributed by atoms with Gasteiger partial charge in [-0.05, 0) is 19.9 Å². The standard InChI is InChI=1S/C12H15NO2/c1-9(2)6-7-15-12-5-4-11(8-13-12)10(3)14/h4-5,8H,1,6-7H2,2-3H3. The highest BCUT2D eigenvalue weighted by Crippen LogP contribution is 2.09. The normalized spacial score (nSPS) is 9.73. The van der Waals surface area contributed by atoms with Crippen LogP contribution in [0.2, 0.25) is 0 Å². The van der Waals surface area contributed by atoms with Crippen LogP contribution in [-0.4, -0.2) is 17.4 Å². The zero-order chi connectivity index (χ0) is 11.3. The van der Waals surface area contributed by atoms with Crippen molar-refractivity contribution in [2.24, 2.45) is 0 Å². The van der Waals surface area contributed by atoms with Gasteiger partial charge in [0.15, 0.2) is 5.78 Å². The number of ether oxygens (including phenoxy) is 1. The Bertz CT molecular complexity index is 354. The van der Waals surface area contributed by atoms with Gasteiger partial charge in [0.25, 0.3) is 0 Å². The number of carbonyl (C=O) groups excluding carboxylic acids is 1. The highest BCUT2D eigenvalue weighted by atomic mass is 16.5. The predicted octanol–water partition coefficient (Wildman–Crippen LogP) is 2.63. The van der Waals surface area contributed by atoms with Crippen molar-refractivity contribution in [3.63, 3.8) is 0 Å². The minimum Gasteiger partial charge on any atom is -0.477 e. The molecular weight excluding hydrogens is 190 g/mol. The van der Waals surface area contributed by atoms with E-state index >= 15 is 0 Å². The monoisotopic (exact) mass is 205 g/mol. The fraction of sp³-hybridized carbons (Fsp3) is 0.333. The van der Waals surface area contributed by atoms with Crippen LogP contribution in [0.4, 0.5) is 0 Å². The summed E-state index contributed by atoms with van der Waals surface area (Å²) in [6.07, 6.45) is 2.34. The Labute approximate surface area is 89.8 Å². The van der Waals surface area contributed by atoms with Crippen LogP contribution in [0.3, 0.4) is 0 Å². The van der Waals surface area contributed by atoms with E-state index in [9.17, 15) is 4.79 Å². The van der Waals surface area contributed by atoms with Crippen molar-refractivity contribution in [3.8, 4) is 5.88 Å². The highest BCUT2D eigenvalue weighted by molar-refractivity contribution is 5.93. The average Bonchev–Trinajstić information content (AvgIpc) is 2.18. The lowest BCUT2D eigenvalue weighted by atomic mass is 10.2. The minimum absolute atomic E-state index is 0.0102. The lowest BCUT2D eigenvalue weighted by Crippen LogP contribution is -2.00. The van der Waals surface area contributed by atoms with Crippen molar-refractivity contribution in [2.75, 3.05) is 6.61 Å². The van der Waals surface area contributed by atoms with E-state index in [0.29, 0.717) is 18.1 Å². The van der Waals surface area contributed by atoms with Gasteiger partial charge in [-0.3, -0.25) is 4.79 Å². The summed E-state index contributed by atoms with van der Waals surface area (Å²) in [5.74, 6) is 0.553. The lowest BCUT2D eigenvalue weighted by molar-refractivity contribution is 0.101. The topological polar surface area (TPSA) is 39.2 Å². The summed E-state index contributed by atoms with van der Waals surface area (Å²) in [5.41, 5.74) is 1.68. The van der Waals surface area contributed by atoms with Crippen LogP contribution in [0.25, 0.3) is 0 Å². The van der Waals surface area contributed by atoms with E-state index in [1.165, 1.54) is 13.1 Å². The first-order valence-electron chi connectivity index (χ1n) is 4.84. The van der Waals surface area contributed by atoms with Crippen molar-refractivity contribution >= 4 is 5.78 Å². The zero-order valence-corrected chi connectivity index (χ0v) is 9.12. The van der Waals surface area contributed by atoms with E-state index in [4.69, 9.17) is 4.74 Å². The molecule has 80 valence electrons. The Morgan fingerprint density at radius 1 is 1.47 bits per heavy atom. The fourth-order valence-electron chi connectivity index (χ4n) is 1.00. The summed E-state index contributed by atoms with van der Waals surface area (Å²) in [5, 5.41) is 0. The molecule has 3 nitrogen and oxygen atoms in total. The second-order valence-electron chi connectivity index (χ2n) is 3.50. The molecule has 1 aromatic heterocycles. The molecule has 15 heavy (non-hydrogen) atoms. The number of carbonyl (C=O) groups is 1. The third kappa shape index (κ3) is 3.94. The number of aromatic nitrogens is 1. The summed E-state index contributed by atoms with van der Waals surface area (Å²) >= 11 is 0. The number of nitrogens with zero attached hydrogens (tertiary/aromatic N) is 1. The van der Waals surface area contributed by atoms with Crippen LogP contribution < -0.4 is 4.74 Å². The molecule has 0 fully saturated rings. The summed E-state index contributed by atoms with van der Waals surface area (Å²) in [6.45, 7) is 7.82. The van der Waals surface area contributed by atoms with Gasteiger partial charge in [-0.25, -0.2) is 4.98 Å². The SMILES string of the molecule is C=C(C)CCOc1ccc(C(C)=O)cn1. The van der Waals surface area contributed by atoms with Gasteiger partial charge >= 0.3 is 0 Å². The third-order valence-electron chi connectivity index (χ3n) is 1.92. The molecule has 1 aromatic rings. The molecular formula is C12H15NO2. The molecule has 1 rings (SSSR count). The van der Waals surface area contributed by atoms with Crippen molar-refractivity contribution < 1.29 is 9.53 Å². The fourth-order valence-corrected chi connectivity index (χ4v) is 1.00. The van der Waals surface area contributed by atoms with Gasteiger partial charge in [-0.2, -0.15) is 0 Å². The first kappa shape index (κ1) is 11.4. The molecule has 0 aliphatic carbocycles. The maximum Gasteiger partial charge on any atom is 0.213 e. The van der Waals surface area contributed by atoms with Crippen molar-refractivity contribution in [1.82, 2.24) is 4.98 Å². The molecule has 0 N–H and O–H groups in total. The second kappa shape index (κ2) is 5.29. The van der Waals surface area contributed by atoms with Gasteiger partial charge in [0.1, 0.15) is 0 Å². The predicted molar refractivity (Wildman–Crippen MR) is 59.2 cm³/mol. The smallest absolute Gasteiger partial charge is 0.213 e. The zero-order valence-electron chi connectivity index (χ0n) is 9.12. The summed E-state index contributed by atoms with van der Waals surface area (Å²) < 4.78 is 5.37. The number of hydrogen-bond acceptors (Lipinski definition) is 3. The molecule has 0 saturated heterocycles. The van der Waals surface area contributed by atoms with E-state index in [2.05, 4.69) is 11.6 Å². The number of Topliss-reactive ketones (excluding diaryl/α,β-unsaturated/α-hetero) is 1. The van der Waals surface area contributed by atoms with Gasteiger partial charge < -0.3 is 4.74 Å². The van der Waals surface area contributed by atoms with E-state index in [1.807, 2.05) is 6.92 Å². The van der Waals surface area contributed by atoms with E-state index in [1.54, 1.807) is 12.1 Å². The summed E-state index contributed by atoms with van der Waals surface area (Å²) in [6, 6.07) is 3.42. The van der Waals surface area contributed by atoms with Crippen LogP contribution in [-0.2, 0) is 0 Å². The highest BCUT2D eigenvalue weighted by Gasteiger charge is 2.00. The van der Waals surface area contributed by atoms with E-state index in [-0.39, 0.29) is 5.78 Å². The lowest BCUT2D eigenvalue weighted by Gasteiger charge is -2.04. The van der Waals surface area contributed by atoms with Gasteiger partial charge in [0, 0.05) is 24.2 Å². The molecule has 0 aliphatic heterocycles. The Hall–Kier alpha value is -1.64. The first-order valence-corrected chi connectivity index (χ1v) is 4.84. The molecule has 0 bridgehead atoms. The van der Waals surface area contributed by atoms with Crippen molar-refractivity contribution in [2.45, 2.75) is 20.3 Å². The van der Waals surface area contributed by atoms with Gasteiger partial charge in [-0.1, -0.05) is 5.57 Å². The molecule has 0 radical (unpaired) electrons. The molecule has 1 heterocycles. The number of hydrogen-bond donors (Lipinski definition) is 0. The summed E-state index contributed by atoms with van der Waals surface area (Å²) in [4.78, 5) is 15.0. The maximum absolute atomic E-state index is 11.0. The van der Waals surface area contributed by atoms with E-state index in [0.717, 1.165) is 12.0 Å². The molecule has 0 saturated carbocycles. The van der Waals surface area contributed by atoms with Crippen molar-refractivity contribution in [3.05, 3.63) is 36.0 Å². The quantitative estimate of drug-likeness (QED) is 0.548. The van der Waals surface area contributed by atoms with Crippen molar-refractivity contribution in [1.29, 1.82) is 0 Å². The Morgan fingerprint density at radius 3 is 2.67 bits per heavy atom. The minimum atomic E-state index is 0.0102. The van der Waals surface area contributed by atoms with Crippen LogP contribution in [0.1, 0.15) is 30.6 Å². The molecule has 0 aromatic carbocycles. The maximum atomic E-state index is 11.0. The average molecular weight is 205 g/mol. The number of pyridine rings is 1. The third-order valence-corrected chi connectivity index (χ3v) is 1.92. The molecule has 0 unspecified atom stereocenters. The second-order valence-corrected chi connectivity index (χ2v) is 3.50. The first-order chi connectivity index (χ1) is 7.09. The molecule has 0 spiro atoms. The van der Waals surface area contributed by atoms with Crippen LogP contribution in [0.5, 0.6) is 5.88 Å².